The standard InChI is InChI=1S/C25H24ClNO3/c26-23-12-10-20(11-13-23)19-6-8-21(9-7-19)25(28)24-16-27(15-22(24)17-30-29)14-18-4-2-1-3-5-18/h1-13,22,24,29H,14-17H2/t22?,24-/m0/s1. The quantitative estimate of drug-likeness (QED) is 0.314. The van der Waals surface area contributed by atoms with E-state index in [2.05, 4.69) is 21.9 Å². The smallest absolute Gasteiger partial charge is 0.167 e. The van der Waals surface area contributed by atoms with Gasteiger partial charge in [0, 0.05) is 42.1 Å². The van der Waals surface area contributed by atoms with Gasteiger partial charge in [-0.15, -0.1) is 0 Å². The molecule has 4 nitrogen and oxygen atoms in total. The minimum Gasteiger partial charge on any atom is -0.298 e. The van der Waals surface area contributed by atoms with E-state index >= 15 is 0 Å². The second kappa shape index (κ2) is 9.54. The molecule has 0 aromatic heterocycles. The molecule has 2 atom stereocenters. The van der Waals surface area contributed by atoms with Gasteiger partial charge in [0.05, 0.1) is 6.61 Å². The van der Waals surface area contributed by atoms with Crippen LogP contribution >= 0.6 is 11.6 Å². The number of benzene rings is 3. The van der Waals surface area contributed by atoms with E-state index in [9.17, 15) is 4.79 Å². The Morgan fingerprint density at radius 1 is 0.933 bits per heavy atom. The molecule has 0 aliphatic carbocycles. The maximum atomic E-state index is 13.2. The molecule has 0 amide bonds. The zero-order chi connectivity index (χ0) is 20.9. The van der Waals surface area contributed by atoms with Crippen molar-refractivity contribution in [3.05, 3.63) is 95.0 Å². The number of carbonyl (C=O) groups is 1. The van der Waals surface area contributed by atoms with Crippen molar-refractivity contribution in [2.75, 3.05) is 19.7 Å². The van der Waals surface area contributed by atoms with Crippen LogP contribution in [0.4, 0.5) is 0 Å². The van der Waals surface area contributed by atoms with Crippen LogP contribution in [0.5, 0.6) is 0 Å². The highest BCUT2D eigenvalue weighted by molar-refractivity contribution is 6.30. The third-order valence-electron chi connectivity index (χ3n) is 5.74. The van der Waals surface area contributed by atoms with Crippen molar-refractivity contribution < 1.29 is 14.9 Å². The Hall–Kier alpha value is -2.50. The van der Waals surface area contributed by atoms with Gasteiger partial charge in [-0.05, 0) is 28.8 Å². The Balaban J connectivity index is 1.48. The molecular weight excluding hydrogens is 398 g/mol. The van der Waals surface area contributed by atoms with Gasteiger partial charge in [0.15, 0.2) is 5.78 Å². The van der Waals surface area contributed by atoms with Gasteiger partial charge in [-0.3, -0.25) is 15.0 Å². The lowest BCUT2D eigenvalue weighted by Gasteiger charge is -2.16. The zero-order valence-electron chi connectivity index (χ0n) is 16.6. The Bertz CT molecular complexity index is 974. The molecule has 3 aromatic carbocycles. The number of hydrogen-bond donors (Lipinski definition) is 1. The second-order valence-corrected chi connectivity index (χ2v) is 8.23. The molecule has 1 N–H and O–H groups in total. The lowest BCUT2D eigenvalue weighted by molar-refractivity contribution is -0.251. The number of rotatable bonds is 7. The van der Waals surface area contributed by atoms with Gasteiger partial charge < -0.3 is 0 Å². The van der Waals surface area contributed by atoms with Crippen molar-refractivity contribution in [3.63, 3.8) is 0 Å². The van der Waals surface area contributed by atoms with E-state index in [0.29, 0.717) is 23.7 Å². The first kappa shape index (κ1) is 20.8. The highest BCUT2D eigenvalue weighted by Crippen LogP contribution is 2.29. The van der Waals surface area contributed by atoms with Crippen LogP contribution in [-0.2, 0) is 11.4 Å². The minimum absolute atomic E-state index is 0.0397. The third-order valence-corrected chi connectivity index (χ3v) is 5.99. The first-order chi connectivity index (χ1) is 14.6. The molecule has 0 spiro atoms. The number of likely N-dealkylation sites (tertiary alicyclic amines) is 1. The maximum Gasteiger partial charge on any atom is 0.167 e. The molecule has 1 unspecified atom stereocenters. The zero-order valence-corrected chi connectivity index (χ0v) is 17.3. The minimum atomic E-state index is -0.206. The van der Waals surface area contributed by atoms with Crippen molar-refractivity contribution in [1.82, 2.24) is 4.90 Å². The summed E-state index contributed by atoms with van der Waals surface area (Å²) in [5, 5.41) is 9.71. The number of halogens is 1. The Labute approximate surface area is 181 Å². The monoisotopic (exact) mass is 421 g/mol. The fourth-order valence-electron chi connectivity index (χ4n) is 4.18. The van der Waals surface area contributed by atoms with E-state index in [0.717, 1.165) is 17.7 Å². The Morgan fingerprint density at radius 2 is 1.57 bits per heavy atom. The van der Waals surface area contributed by atoms with Crippen LogP contribution < -0.4 is 0 Å². The predicted octanol–water partition coefficient (Wildman–Crippen LogP) is 5.43. The molecule has 30 heavy (non-hydrogen) atoms. The van der Waals surface area contributed by atoms with E-state index in [1.165, 1.54) is 5.56 Å². The highest BCUT2D eigenvalue weighted by atomic mass is 35.5. The SMILES string of the molecule is O=C(c1ccc(-c2ccc(Cl)cc2)cc1)[C@H]1CN(Cc2ccccc2)CC1COO. The van der Waals surface area contributed by atoms with E-state index in [4.69, 9.17) is 16.9 Å². The number of nitrogens with zero attached hydrogens (tertiary/aromatic N) is 1. The van der Waals surface area contributed by atoms with Crippen LogP contribution in [0.15, 0.2) is 78.9 Å². The van der Waals surface area contributed by atoms with Crippen LogP contribution in [0.1, 0.15) is 15.9 Å². The largest absolute Gasteiger partial charge is 0.298 e. The molecule has 1 heterocycles. The third kappa shape index (κ3) is 4.79. The topological polar surface area (TPSA) is 49.8 Å². The van der Waals surface area contributed by atoms with E-state index in [1.54, 1.807) is 0 Å². The molecule has 4 rings (SSSR count). The van der Waals surface area contributed by atoms with Crippen molar-refractivity contribution in [2.24, 2.45) is 11.8 Å². The van der Waals surface area contributed by atoms with Crippen molar-refractivity contribution >= 4 is 17.4 Å². The molecular formula is C25H24ClNO3. The van der Waals surface area contributed by atoms with Gasteiger partial charge in [-0.1, -0.05) is 78.3 Å². The van der Waals surface area contributed by atoms with Crippen LogP contribution in [0.25, 0.3) is 11.1 Å². The van der Waals surface area contributed by atoms with Gasteiger partial charge in [0.1, 0.15) is 0 Å². The molecule has 1 saturated heterocycles. The van der Waals surface area contributed by atoms with Crippen LogP contribution in [0.2, 0.25) is 5.02 Å². The van der Waals surface area contributed by atoms with Crippen LogP contribution in [-0.4, -0.2) is 35.6 Å². The second-order valence-electron chi connectivity index (χ2n) is 7.79. The summed E-state index contributed by atoms with van der Waals surface area (Å²) in [4.78, 5) is 19.9. The summed E-state index contributed by atoms with van der Waals surface area (Å²) >= 11 is 5.96. The molecule has 1 fully saturated rings. The van der Waals surface area contributed by atoms with Gasteiger partial charge in [0.25, 0.3) is 0 Å². The maximum absolute atomic E-state index is 13.2. The van der Waals surface area contributed by atoms with Crippen molar-refractivity contribution in [1.29, 1.82) is 0 Å². The molecule has 0 saturated carbocycles. The lowest BCUT2D eigenvalue weighted by atomic mass is 9.88. The number of carbonyl (C=O) groups excluding carboxylic acids is 1. The van der Waals surface area contributed by atoms with Gasteiger partial charge in [-0.2, -0.15) is 0 Å². The number of Topliss-reactive ketones (excluding diaryl/α,β-unsaturated/α-hetero) is 1. The number of hydrogen-bond acceptors (Lipinski definition) is 4. The average molecular weight is 422 g/mol. The highest BCUT2D eigenvalue weighted by Gasteiger charge is 2.38. The predicted molar refractivity (Wildman–Crippen MR) is 118 cm³/mol. The average Bonchev–Trinajstić information content (AvgIpc) is 3.17. The summed E-state index contributed by atoms with van der Waals surface area (Å²) in [5.74, 6) is -0.153. The number of ketones is 1. The fourth-order valence-corrected chi connectivity index (χ4v) is 4.30. The molecule has 5 heteroatoms. The van der Waals surface area contributed by atoms with Crippen molar-refractivity contribution in [3.8, 4) is 11.1 Å². The fraction of sp³-hybridized carbons (Fsp3) is 0.240. The van der Waals surface area contributed by atoms with E-state index < -0.39 is 0 Å². The van der Waals surface area contributed by atoms with E-state index in [-0.39, 0.29) is 24.2 Å². The van der Waals surface area contributed by atoms with Crippen LogP contribution in [0, 0.1) is 11.8 Å². The molecule has 3 aromatic rings. The Morgan fingerprint density at radius 3 is 2.20 bits per heavy atom. The first-order valence-electron chi connectivity index (χ1n) is 10.1. The van der Waals surface area contributed by atoms with Gasteiger partial charge in [-0.25, -0.2) is 4.89 Å². The van der Waals surface area contributed by atoms with Gasteiger partial charge >= 0.3 is 0 Å². The Kier molecular flexibility index (Phi) is 6.60. The molecule has 1 aliphatic rings. The first-order valence-corrected chi connectivity index (χ1v) is 10.4. The molecule has 154 valence electrons. The molecule has 0 bridgehead atoms. The summed E-state index contributed by atoms with van der Waals surface area (Å²) in [6.45, 7) is 2.31. The summed E-state index contributed by atoms with van der Waals surface area (Å²) < 4.78 is 0. The summed E-state index contributed by atoms with van der Waals surface area (Å²) in [6.07, 6.45) is 0. The van der Waals surface area contributed by atoms with Gasteiger partial charge in [0.2, 0.25) is 0 Å². The lowest BCUT2D eigenvalue weighted by Crippen LogP contribution is -2.26. The normalized spacial score (nSPS) is 19.1. The summed E-state index contributed by atoms with van der Waals surface area (Å²) in [6, 6.07) is 25.5. The van der Waals surface area contributed by atoms with Crippen LogP contribution in [0.3, 0.4) is 0 Å². The van der Waals surface area contributed by atoms with Crippen molar-refractivity contribution in [2.45, 2.75) is 6.54 Å². The summed E-state index contributed by atoms with van der Waals surface area (Å²) in [5.41, 5.74) is 3.99. The summed E-state index contributed by atoms with van der Waals surface area (Å²) in [7, 11) is 0. The van der Waals surface area contributed by atoms with E-state index in [1.807, 2.05) is 66.7 Å². The molecule has 0 radical (unpaired) electrons. The molecule has 1 aliphatic heterocycles.